The van der Waals surface area contributed by atoms with Crippen molar-refractivity contribution in [1.82, 2.24) is 4.72 Å². The number of nitriles is 1. The summed E-state index contributed by atoms with van der Waals surface area (Å²) in [5.41, 5.74) is 0.0206. The molecule has 20 heavy (non-hydrogen) atoms. The third-order valence-corrected chi connectivity index (χ3v) is 4.02. The molecular formula is C12H14N2O5S. The highest BCUT2D eigenvalue weighted by Crippen LogP contribution is 2.14. The van der Waals surface area contributed by atoms with Crippen LogP contribution in [0.15, 0.2) is 29.2 Å². The van der Waals surface area contributed by atoms with Gasteiger partial charge in [0.25, 0.3) is 0 Å². The van der Waals surface area contributed by atoms with E-state index in [1.807, 2.05) is 0 Å². The molecule has 1 rings (SSSR count). The molecule has 0 spiro atoms. The smallest absolute Gasteiger partial charge is 0.306 e. The van der Waals surface area contributed by atoms with Crippen molar-refractivity contribution in [2.45, 2.75) is 17.4 Å². The van der Waals surface area contributed by atoms with Crippen LogP contribution in [0.2, 0.25) is 0 Å². The van der Waals surface area contributed by atoms with Crippen LogP contribution >= 0.6 is 0 Å². The number of sulfonamides is 1. The number of carboxylic acids is 1. The zero-order valence-electron chi connectivity index (χ0n) is 10.7. The largest absolute Gasteiger partial charge is 0.481 e. The number of benzene rings is 1. The van der Waals surface area contributed by atoms with Crippen LogP contribution in [0.1, 0.15) is 12.0 Å². The van der Waals surface area contributed by atoms with E-state index in [0.717, 1.165) is 0 Å². The van der Waals surface area contributed by atoms with Crippen molar-refractivity contribution < 1.29 is 23.1 Å². The predicted molar refractivity (Wildman–Crippen MR) is 69.4 cm³/mol. The molecule has 0 aliphatic rings. The Bertz CT molecular complexity index is 621. The zero-order chi connectivity index (χ0) is 15.2. The van der Waals surface area contributed by atoms with E-state index in [1.165, 1.54) is 25.3 Å². The molecule has 1 atom stereocenters. The van der Waals surface area contributed by atoms with E-state index in [1.54, 1.807) is 12.1 Å². The van der Waals surface area contributed by atoms with Gasteiger partial charge in [-0.3, -0.25) is 4.79 Å². The molecule has 0 aromatic heterocycles. The molecule has 0 radical (unpaired) electrons. The molecule has 0 saturated heterocycles. The highest BCUT2D eigenvalue weighted by atomic mass is 32.2. The van der Waals surface area contributed by atoms with Crippen LogP contribution in [0.5, 0.6) is 0 Å². The molecule has 0 aliphatic carbocycles. The van der Waals surface area contributed by atoms with Crippen LogP contribution in [-0.4, -0.2) is 39.3 Å². The molecule has 8 heteroatoms. The first kappa shape index (κ1) is 16.1. The van der Waals surface area contributed by atoms with Gasteiger partial charge < -0.3 is 9.84 Å². The Morgan fingerprint density at radius 1 is 1.50 bits per heavy atom. The molecule has 0 aliphatic heterocycles. The van der Waals surface area contributed by atoms with Gasteiger partial charge in [-0.2, -0.15) is 5.26 Å². The summed E-state index contributed by atoms with van der Waals surface area (Å²) in [6, 6.07) is 7.54. The quantitative estimate of drug-likeness (QED) is 0.749. The number of aliphatic carboxylic acids is 1. The number of carbonyl (C=O) groups is 1. The molecule has 7 nitrogen and oxygen atoms in total. The molecule has 0 heterocycles. The lowest BCUT2D eigenvalue weighted by Gasteiger charge is -2.14. The van der Waals surface area contributed by atoms with Gasteiger partial charge in [0.15, 0.2) is 0 Å². The van der Waals surface area contributed by atoms with E-state index >= 15 is 0 Å². The fraction of sp³-hybridized carbons (Fsp3) is 0.333. The summed E-state index contributed by atoms with van der Waals surface area (Å²) < 4.78 is 31.2. The van der Waals surface area contributed by atoms with Crippen LogP contribution in [0, 0.1) is 11.3 Å². The van der Waals surface area contributed by atoms with Crippen LogP contribution < -0.4 is 4.72 Å². The number of methoxy groups -OCH3 is 1. The summed E-state index contributed by atoms with van der Waals surface area (Å²) >= 11 is 0. The van der Waals surface area contributed by atoms with Gasteiger partial charge in [-0.25, -0.2) is 13.1 Å². The fourth-order valence-corrected chi connectivity index (χ4v) is 2.73. The van der Waals surface area contributed by atoms with Crippen LogP contribution in [0.4, 0.5) is 0 Å². The summed E-state index contributed by atoms with van der Waals surface area (Å²) in [5, 5.41) is 17.5. The van der Waals surface area contributed by atoms with E-state index in [9.17, 15) is 13.2 Å². The van der Waals surface area contributed by atoms with Gasteiger partial charge >= 0.3 is 5.97 Å². The lowest BCUT2D eigenvalue weighted by Crippen LogP contribution is -2.34. The summed E-state index contributed by atoms with van der Waals surface area (Å²) in [6.07, 6.45) is -1.10. The number of nitrogens with one attached hydrogen (secondary N) is 1. The molecule has 1 aromatic rings. The van der Waals surface area contributed by atoms with Crippen molar-refractivity contribution in [1.29, 1.82) is 5.26 Å². The maximum absolute atomic E-state index is 12.1. The summed E-state index contributed by atoms with van der Waals surface area (Å²) in [5.74, 6) is -1.09. The summed E-state index contributed by atoms with van der Waals surface area (Å²) in [6.45, 7) is -0.190. The number of ether oxygens (including phenoxy) is 1. The van der Waals surface area contributed by atoms with Crippen molar-refractivity contribution >= 4 is 16.0 Å². The Labute approximate surface area is 116 Å². The second-order valence-corrected chi connectivity index (χ2v) is 5.65. The molecule has 2 N–H and O–H groups in total. The average molecular weight is 298 g/mol. The van der Waals surface area contributed by atoms with E-state index in [0.29, 0.717) is 0 Å². The minimum Gasteiger partial charge on any atom is -0.481 e. The summed E-state index contributed by atoms with van der Waals surface area (Å²) in [4.78, 5) is 10.4. The van der Waals surface area contributed by atoms with Crippen LogP contribution in [0.3, 0.4) is 0 Å². The highest BCUT2D eigenvalue weighted by molar-refractivity contribution is 7.89. The average Bonchev–Trinajstić information content (AvgIpc) is 2.43. The molecular weight excluding hydrogens is 284 g/mol. The molecule has 0 amide bonds. The van der Waals surface area contributed by atoms with Crippen molar-refractivity contribution in [3.8, 4) is 6.07 Å². The van der Waals surface area contributed by atoms with Gasteiger partial charge in [-0.1, -0.05) is 12.1 Å². The van der Waals surface area contributed by atoms with Crippen molar-refractivity contribution in [3.05, 3.63) is 29.8 Å². The van der Waals surface area contributed by atoms with Gasteiger partial charge in [-0.05, 0) is 12.1 Å². The Kier molecular flexibility index (Phi) is 5.64. The lowest BCUT2D eigenvalue weighted by atomic mass is 10.2. The van der Waals surface area contributed by atoms with E-state index in [-0.39, 0.29) is 23.4 Å². The maximum atomic E-state index is 12.1. The highest BCUT2D eigenvalue weighted by Gasteiger charge is 2.21. The number of carboxylic acid groups (broad SMARTS) is 1. The Balaban J connectivity index is 2.85. The van der Waals surface area contributed by atoms with Gasteiger partial charge in [-0.15, -0.1) is 0 Å². The monoisotopic (exact) mass is 298 g/mol. The third kappa shape index (κ3) is 4.31. The second-order valence-electron chi connectivity index (χ2n) is 3.92. The Morgan fingerprint density at radius 2 is 2.15 bits per heavy atom. The first-order valence-electron chi connectivity index (χ1n) is 5.64. The topological polar surface area (TPSA) is 116 Å². The Morgan fingerprint density at radius 3 is 2.70 bits per heavy atom. The molecule has 0 bridgehead atoms. The normalized spacial score (nSPS) is 12.6. The molecule has 108 valence electrons. The van der Waals surface area contributed by atoms with Gasteiger partial charge in [0.1, 0.15) is 6.07 Å². The Hall–Kier alpha value is -1.95. The minimum absolute atomic E-state index is 0.0206. The maximum Gasteiger partial charge on any atom is 0.306 e. The van der Waals surface area contributed by atoms with E-state index < -0.39 is 22.1 Å². The predicted octanol–water partition coefficient (Wildman–Crippen LogP) is 0.326. The molecule has 1 unspecified atom stereocenters. The lowest BCUT2D eigenvalue weighted by molar-refractivity contribution is -0.139. The first-order chi connectivity index (χ1) is 9.40. The van der Waals surface area contributed by atoms with Gasteiger partial charge in [0, 0.05) is 13.7 Å². The number of nitrogens with zero attached hydrogens (tertiary/aromatic N) is 1. The number of rotatable bonds is 7. The van der Waals surface area contributed by atoms with Crippen molar-refractivity contribution in [2.24, 2.45) is 0 Å². The van der Waals surface area contributed by atoms with E-state index in [2.05, 4.69) is 4.72 Å². The standard InChI is InChI=1S/C12H14N2O5S/c1-19-10(6-12(15)16)8-14-20(17,18)11-5-3-2-4-9(11)7-13/h2-5,10,14H,6,8H2,1H3,(H,15,16). The second kappa shape index (κ2) is 7.00. The minimum atomic E-state index is -3.89. The molecule has 0 fully saturated rings. The SMILES string of the molecule is COC(CNS(=O)(=O)c1ccccc1C#N)CC(=O)O. The summed E-state index contributed by atoms with van der Waals surface area (Å²) in [7, 11) is -2.59. The van der Waals surface area contributed by atoms with Gasteiger partial charge in [0.05, 0.1) is 23.0 Å². The third-order valence-electron chi connectivity index (χ3n) is 2.53. The zero-order valence-corrected chi connectivity index (χ0v) is 11.6. The van der Waals surface area contributed by atoms with Crippen molar-refractivity contribution in [3.63, 3.8) is 0 Å². The van der Waals surface area contributed by atoms with E-state index in [4.69, 9.17) is 15.1 Å². The van der Waals surface area contributed by atoms with Crippen LogP contribution in [0.25, 0.3) is 0 Å². The van der Waals surface area contributed by atoms with Crippen LogP contribution in [-0.2, 0) is 19.6 Å². The van der Waals surface area contributed by atoms with Gasteiger partial charge in [0.2, 0.25) is 10.0 Å². The fourth-order valence-electron chi connectivity index (χ4n) is 1.51. The molecule has 0 saturated carbocycles. The van der Waals surface area contributed by atoms with Crippen molar-refractivity contribution in [2.75, 3.05) is 13.7 Å². The molecule has 1 aromatic carbocycles. The first-order valence-corrected chi connectivity index (χ1v) is 7.12. The number of hydrogen-bond donors (Lipinski definition) is 2. The number of hydrogen-bond acceptors (Lipinski definition) is 5.